The predicted molar refractivity (Wildman–Crippen MR) is 65.8 cm³/mol. The van der Waals surface area contributed by atoms with Gasteiger partial charge >= 0.3 is 5.97 Å². The van der Waals surface area contributed by atoms with Gasteiger partial charge in [0.25, 0.3) is 0 Å². The number of aliphatic carboxylic acids is 1. The van der Waals surface area contributed by atoms with Gasteiger partial charge in [-0.1, -0.05) is 25.7 Å². The Morgan fingerprint density at radius 2 is 1.94 bits per heavy atom. The van der Waals surface area contributed by atoms with Crippen LogP contribution in [0, 0.1) is 17.8 Å². The monoisotopic (exact) mass is 237 g/mol. The number of rotatable bonds is 3. The fraction of sp³-hybridized carbons (Fsp3) is 0.929. The molecule has 3 fully saturated rings. The number of nitrogens with one attached hydrogen (secondary N) is 1. The highest BCUT2D eigenvalue weighted by molar-refractivity contribution is 5.67. The number of piperidine rings is 1. The molecule has 17 heavy (non-hydrogen) atoms. The Morgan fingerprint density at radius 3 is 2.65 bits per heavy atom. The van der Waals surface area contributed by atoms with E-state index in [4.69, 9.17) is 5.11 Å². The van der Waals surface area contributed by atoms with Crippen LogP contribution in [-0.2, 0) is 4.79 Å². The molecule has 0 spiro atoms. The Bertz CT molecular complexity index is 297. The first-order chi connectivity index (χ1) is 8.24. The highest BCUT2D eigenvalue weighted by atomic mass is 16.4. The van der Waals surface area contributed by atoms with Gasteiger partial charge in [-0.2, -0.15) is 0 Å². The van der Waals surface area contributed by atoms with E-state index < -0.39 is 5.97 Å². The number of carboxylic acids is 1. The molecule has 3 heteroatoms. The minimum atomic E-state index is -0.598. The number of hydrogen-bond donors (Lipinski definition) is 2. The molecule has 2 aliphatic heterocycles. The Kier molecular flexibility index (Phi) is 3.12. The molecule has 1 aliphatic carbocycles. The second-order valence-electron chi connectivity index (χ2n) is 6.26. The van der Waals surface area contributed by atoms with E-state index in [0.717, 1.165) is 12.3 Å². The van der Waals surface area contributed by atoms with Crippen molar-refractivity contribution in [3.05, 3.63) is 0 Å². The van der Waals surface area contributed by atoms with Crippen molar-refractivity contribution >= 4 is 5.97 Å². The van der Waals surface area contributed by atoms with Gasteiger partial charge in [0.05, 0.1) is 0 Å². The van der Waals surface area contributed by atoms with E-state index in [1.54, 1.807) is 0 Å². The molecule has 3 aliphatic rings. The minimum Gasteiger partial charge on any atom is -0.481 e. The van der Waals surface area contributed by atoms with Crippen LogP contribution in [0.25, 0.3) is 0 Å². The maximum atomic E-state index is 11.0. The third-order valence-electron chi connectivity index (χ3n) is 5.25. The summed E-state index contributed by atoms with van der Waals surface area (Å²) in [6.07, 6.45) is 9.44. The normalized spacial score (nSPS) is 41.9. The lowest BCUT2D eigenvalue weighted by Crippen LogP contribution is -2.48. The van der Waals surface area contributed by atoms with E-state index >= 15 is 0 Å². The fourth-order valence-corrected chi connectivity index (χ4v) is 4.69. The number of carboxylic acid groups (broad SMARTS) is 1. The van der Waals surface area contributed by atoms with Crippen molar-refractivity contribution in [2.45, 2.75) is 63.5 Å². The van der Waals surface area contributed by atoms with Crippen molar-refractivity contribution in [1.82, 2.24) is 5.32 Å². The van der Waals surface area contributed by atoms with Gasteiger partial charge in [-0.05, 0) is 37.0 Å². The van der Waals surface area contributed by atoms with Crippen molar-refractivity contribution < 1.29 is 9.90 Å². The van der Waals surface area contributed by atoms with Gasteiger partial charge < -0.3 is 10.4 Å². The average molecular weight is 237 g/mol. The molecule has 0 aromatic rings. The van der Waals surface area contributed by atoms with Crippen LogP contribution >= 0.6 is 0 Å². The topological polar surface area (TPSA) is 49.3 Å². The van der Waals surface area contributed by atoms with Gasteiger partial charge in [0.1, 0.15) is 0 Å². The molecule has 3 nitrogen and oxygen atoms in total. The molecular weight excluding hydrogens is 214 g/mol. The zero-order valence-electron chi connectivity index (χ0n) is 10.4. The average Bonchev–Trinajstić information content (AvgIpc) is 2.89. The van der Waals surface area contributed by atoms with Crippen LogP contribution in [0.5, 0.6) is 0 Å². The van der Waals surface area contributed by atoms with Crippen molar-refractivity contribution in [2.75, 3.05) is 0 Å². The molecule has 2 saturated heterocycles. The van der Waals surface area contributed by atoms with Crippen LogP contribution in [0.15, 0.2) is 0 Å². The van der Waals surface area contributed by atoms with Crippen LogP contribution < -0.4 is 5.32 Å². The minimum absolute atomic E-state index is 0.399. The van der Waals surface area contributed by atoms with Crippen LogP contribution in [0.3, 0.4) is 0 Å². The zero-order chi connectivity index (χ0) is 11.8. The third kappa shape index (κ3) is 2.22. The summed E-state index contributed by atoms with van der Waals surface area (Å²) in [4.78, 5) is 11.0. The SMILES string of the molecule is O=C(O)CC1CC2CCC(N2)C1C1CCCC1. The van der Waals surface area contributed by atoms with Gasteiger partial charge in [-0.3, -0.25) is 4.79 Å². The summed E-state index contributed by atoms with van der Waals surface area (Å²) in [5, 5.41) is 12.8. The lowest BCUT2D eigenvalue weighted by molar-refractivity contribution is -0.139. The van der Waals surface area contributed by atoms with Crippen LogP contribution in [-0.4, -0.2) is 23.2 Å². The summed E-state index contributed by atoms with van der Waals surface area (Å²) in [5.41, 5.74) is 0. The number of fused-ring (bicyclic) bond motifs is 2. The van der Waals surface area contributed by atoms with Crippen molar-refractivity contribution in [3.63, 3.8) is 0 Å². The molecule has 0 radical (unpaired) electrons. The van der Waals surface area contributed by atoms with Gasteiger partial charge in [0.2, 0.25) is 0 Å². The zero-order valence-corrected chi connectivity index (χ0v) is 10.4. The van der Waals surface area contributed by atoms with Crippen molar-refractivity contribution in [1.29, 1.82) is 0 Å². The molecule has 0 aromatic heterocycles. The highest BCUT2D eigenvalue weighted by Gasteiger charge is 2.45. The first-order valence-electron chi connectivity index (χ1n) is 7.22. The van der Waals surface area contributed by atoms with Gasteiger partial charge in [0, 0.05) is 18.5 Å². The van der Waals surface area contributed by atoms with E-state index in [1.165, 1.54) is 38.5 Å². The third-order valence-corrected chi connectivity index (χ3v) is 5.25. The van der Waals surface area contributed by atoms with Crippen LogP contribution in [0.2, 0.25) is 0 Å². The molecule has 96 valence electrons. The lowest BCUT2D eigenvalue weighted by atomic mass is 9.71. The summed E-state index contributed by atoms with van der Waals surface area (Å²) >= 11 is 0. The van der Waals surface area contributed by atoms with E-state index in [0.29, 0.717) is 30.3 Å². The molecule has 4 atom stereocenters. The van der Waals surface area contributed by atoms with Gasteiger partial charge in [0.15, 0.2) is 0 Å². The standard InChI is InChI=1S/C14H23NO2/c16-13(17)8-10-7-11-5-6-12(15-11)14(10)9-3-1-2-4-9/h9-12,14-15H,1-8H2,(H,16,17). The van der Waals surface area contributed by atoms with E-state index in [-0.39, 0.29) is 0 Å². The van der Waals surface area contributed by atoms with Crippen molar-refractivity contribution in [3.8, 4) is 0 Å². The molecule has 1 saturated carbocycles. The molecule has 4 unspecified atom stereocenters. The summed E-state index contributed by atoms with van der Waals surface area (Å²) in [5.74, 6) is 1.29. The van der Waals surface area contributed by atoms with Crippen LogP contribution in [0.1, 0.15) is 51.4 Å². The number of carbonyl (C=O) groups is 1. The second-order valence-corrected chi connectivity index (χ2v) is 6.26. The van der Waals surface area contributed by atoms with Crippen LogP contribution in [0.4, 0.5) is 0 Å². The maximum absolute atomic E-state index is 11.0. The second kappa shape index (κ2) is 4.60. The summed E-state index contributed by atoms with van der Waals surface area (Å²) in [7, 11) is 0. The largest absolute Gasteiger partial charge is 0.481 e. The van der Waals surface area contributed by atoms with Gasteiger partial charge in [-0.15, -0.1) is 0 Å². The van der Waals surface area contributed by atoms with E-state index in [9.17, 15) is 4.79 Å². The summed E-state index contributed by atoms with van der Waals surface area (Å²) < 4.78 is 0. The molecular formula is C14H23NO2. The quantitative estimate of drug-likeness (QED) is 0.792. The first kappa shape index (κ1) is 11.5. The van der Waals surface area contributed by atoms with E-state index in [2.05, 4.69) is 5.32 Å². The Hall–Kier alpha value is -0.570. The molecule has 3 rings (SSSR count). The summed E-state index contributed by atoms with van der Waals surface area (Å²) in [6, 6.07) is 1.24. The molecule has 0 aromatic carbocycles. The Balaban J connectivity index is 1.76. The maximum Gasteiger partial charge on any atom is 0.303 e. The molecule has 0 amide bonds. The first-order valence-corrected chi connectivity index (χ1v) is 7.22. The molecule has 2 bridgehead atoms. The lowest BCUT2D eigenvalue weighted by Gasteiger charge is -2.40. The fourth-order valence-electron chi connectivity index (χ4n) is 4.69. The highest BCUT2D eigenvalue weighted by Crippen LogP contribution is 2.46. The molecule has 2 N–H and O–H groups in total. The number of hydrogen-bond acceptors (Lipinski definition) is 2. The van der Waals surface area contributed by atoms with Crippen molar-refractivity contribution in [2.24, 2.45) is 17.8 Å². The predicted octanol–water partition coefficient (Wildman–Crippen LogP) is 2.41. The Morgan fingerprint density at radius 1 is 1.18 bits per heavy atom. The smallest absolute Gasteiger partial charge is 0.303 e. The van der Waals surface area contributed by atoms with E-state index in [1.807, 2.05) is 0 Å². The van der Waals surface area contributed by atoms with Gasteiger partial charge in [-0.25, -0.2) is 0 Å². The summed E-state index contributed by atoms with van der Waals surface area (Å²) in [6.45, 7) is 0. The molecule has 2 heterocycles. The Labute approximate surface area is 103 Å².